The molecule has 1 aromatic heterocycles. The monoisotopic (exact) mass is 555 g/mol. The molecule has 8 nitrogen and oxygen atoms in total. The molecule has 1 atom stereocenters. The Labute approximate surface area is 207 Å². The van der Waals surface area contributed by atoms with Gasteiger partial charge in [0.1, 0.15) is 11.5 Å². The van der Waals surface area contributed by atoms with Crippen LogP contribution in [0.25, 0.3) is 0 Å². The van der Waals surface area contributed by atoms with Crippen molar-refractivity contribution in [3.8, 4) is 5.75 Å². The number of piperidine rings is 1. The molecular formula is C23H34IN5O3. The van der Waals surface area contributed by atoms with Gasteiger partial charge in [0.25, 0.3) is 5.91 Å². The van der Waals surface area contributed by atoms with Gasteiger partial charge in [-0.15, -0.1) is 24.0 Å². The lowest BCUT2D eigenvalue weighted by Crippen LogP contribution is -2.46. The van der Waals surface area contributed by atoms with Crippen molar-refractivity contribution < 1.29 is 13.9 Å². The van der Waals surface area contributed by atoms with Gasteiger partial charge in [-0.3, -0.25) is 14.7 Å². The average Bonchev–Trinajstić information content (AvgIpc) is 3.35. The van der Waals surface area contributed by atoms with Gasteiger partial charge in [-0.25, -0.2) is 0 Å². The molecule has 2 heterocycles. The lowest BCUT2D eigenvalue weighted by atomic mass is 10.1. The fraction of sp³-hybridized carbons (Fsp3) is 0.478. The molecule has 176 valence electrons. The highest BCUT2D eigenvalue weighted by atomic mass is 127. The Morgan fingerprint density at radius 3 is 2.59 bits per heavy atom. The number of carbonyl (C=O) groups excluding carboxylic acids is 1. The number of guanidine groups is 1. The van der Waals surface area contributed by atoms with E-state index in [-0.39, 0.29) is 35.9 Å². The summed E-state index contributed by atoms with van der Waals surface area (Å²) in [5.74, 6) is 2.20. The Morgan fingerprint density at radius 2 is 1.91 bits per heavy atom. The van der Waals surface area contributed by atoms with Crippen LogP contribution in [0.3, 0.4) is 0 Å². The number of likely N-dealkylation sites (tertiary alicyclic amines) is 1. The first-order chi connectivity index (χ1) is 15.2. The first-order valence-electron chi connectivity index (χ1n) is 10.9. The van der Waals surface area contributed by atoms with Crippen LogP contribution in [-0.2, 0) is 0 Å². The van der Waals surface area contributed by atoms with E-state index in [1.807, 2.05) is 18.2 Å². The summed E-state index contributed by atoms with van der Waals surface area (Å²) >= 11 is 0. The number of ether oxygens (including phenoxy) is 1. The van der Waals surface area contributed by atoms with Crippen LogP contribution in [0.15, 0.2) is 52.1 Å². The number of hydrogen-bond acceptors (Lipinski definition) is 5. The van der Waals surface area contributed by atoms with Gasteiger partial charge in [0, 0.05) is 32.2 Å². The van der Waals surface area contributed by atoms with Crippen LogP contribution < -0.4 is 20.7 Å². The van der Waals surface area contributed by atoms with Crippen LogP contribution in [0.1, 0.15) is 41.4 Å². The molecule has 1 aromatic carbocycles. The second-order valence-electron chi connectivity index (χ2n) is 7.50. The van der Waals surface area contributed by atoms with E-state index < -0.39 is 0 Å². The van der Waals surface area contributed by atoms with E-state index in [1.54, 1.807) is 38.6 Å². The van der Waals surface area contributed by atoms with Gasteiger partial charge in [-0.05, 0) is 56.3 Å². The summed E-state index contributed by atoms with van der Waals surface area (Å²) in [4.78, 5) is 19.1. The smallest absolute Gasteiger partial charge is 0.251 e. The summed E-state index contributed by atoms with van der Waals surface area (Å²) in [6.07, 6.45) is 5.46. The number of halogens is 1. The maximum atomic E-state index is 12.3. The molecular weight excluding hydrogens is 521 g/mol. The summed E-state index contributed by atoms with van der Waals surface area (Å²) in [6, 6.07) is 11.2. The SMILES string of the molecule is CN=C(NCCNC(=O)c1cccc(OC)c1)NCC(c1ccco1)N1CCCCC1.I. The number of nitrogens with zero attached hydrogens (tertiary/aromatic N) is 2. The summed E-state index contributed by atoms with van der Waals surface area (Å²) in [7, 11) is 3.33. The molecule has 3 N–H and O–H groups in total. The van der Waals surface area contributed by atoms with E-state index in [1.165, 1.54) is 19.3 Å². The Balaban J connectivity index is 0.00000363. The zero-order valence-electron chi connectivity index (χ0n) is 18.8. The van der Waals surface area contributed by atoms with Gasteiger partial charge in [0.05, 0.1) is 19.4 Å². The second-order valence-corrected chi connectivity index (χ2v) is 7.50. The van der Waals surface area contributed by atoms with E-state index in [0.717, 1.165) is 18.8 Å². The number of hydrogen-bond donors (Lipinski definition) is 3. The van der Waals surface area contributed by atoms with Crippen molar-refractivity contribution in [1.82, 2.24) is 20.9 Å². The highest BCUT2D eigenvalue weighted by Crippen LogP contribution is 2.24. The van der Waals surface area contributed by atoms with Crippen molar-refractivity contribution in [2.24, 2.45) is 4.99 Å². The average molecular weight is 555 g/mol. The maximum absolute atomic E-state index is 12.3. The Morgan fingerprint density at radius 1 is 1.12 bits per heavy atom. The van der Waals surface area contributed by atoms with Crippen LogP contribution in [0.4, 0.5) is 0 Å². The number of nitrogens with one attached hydrogen (secondary N) is 3. The van der Waals surface area contributed by atoms with Gasteiger partial charge in [-0.1, -0.05) is 12.5 Å². The minimum atomic E-state index is -0.133. The van der Waals surface area contributed by atoms with Crippen LogP contribution in [0.5, 0.6) is 5.75 Å². The molecule has 0 bridgehead atoms. The van der Waals surface area contributed by atoms with Crippen molar-refractivity contribution in [2.45, 2.75) is 25.3 Å². The fourth-order valence-corrected chi connectivity index (χ4v) is 3.76. The first-order valence-corrected chi connectivity index (χ1v) is 10.9. The molecule has 1 amide bonds. The van der Waals surface area contributed by atoms with Crippen LogP contribution in [0.2, 0.25) is 0 Å². The van der Waals surface area contributed by atoms with Crippen molar-refractivity contribution in [1.29, 1.82) is 0 Å². The third kappa shape index (κ3) is 7.70. The summed E-state index contributed by atoms with van der Waals surface area (Å²) < 4.78 is 10.9. The number of benzene rings is 1. The molecule has 0 radical (unpaired) electrons. The quantitative estimate of drug-likeness (QED) is 0.191. The molecule has 1 saturated heterocycles. The molecule has 1 unspecified atom stereocenters. The number of furan rings is 1. The Kier molecular flexibility index (Phi) is 11.4. The van der Waals surface area contributed by atoms with Gasteiger partial charge in [-0.2, -0.15) is 0 Å². The minimum absolute atomic E-state index is 0. The van der Waals surface area contributed by atoms with Gasteiger partial charge >= 0.3 is 0 Å². The van der Waals surface area contributed by atoms with E-state index in [2.05, 4.69) is 25.8 Å². The number of carbonyl (C=O) groups is 1. The van der Waals surface area contributed by atoms with Crippen LogP contribution in [0, 0.1) is 0 Å². The topological polar surface area (TPSA) is 91.1 Å². The van der Waals surface area contributed by atoms with E-state index in [4.69, 9.17) is 9.15 Å². The van der Waals surface area contributed by atoms with E-state index >= 15 is 0 Å². The molecule has 9 heteroatoms. The predicted octanol–water partition coefficient (Wildman–Crippen LogP) is 3.03. The normalized spacial score (nSPS) is 15.4. The van der Waals surface area contributed by atoms with Gasteiger partial charge < -0.3 is 25.1 Å². The van der Waals surface area contributed by atoms with Crippen LogP contribution in [-0.4, -0.2) is 63.6 Å². The molecule has 0 spiro atoms. The Hall–Kier alpha value is -2.27. The van der Waals surface area contributed by atoms with Gasteiger partial charge in [0.15, 0.2) is 5.96 Å². The van der Waals surface area contributed by atoms with E-state index in [0.29, 0.717) is 36.9 Å². The number of rotatable bonds is 9. The van der Waals surface area contributed by atoms with Gasteiger partial charge in [0.2, 0.25) is 0 Å². The molecule has 1 fully saturated rings. The minimum Gasteiger partial charge on any atom is -0.497 e. The molecule has 32 heavy (non-hydrogen) atoms. The zero-order chi connectivity index (χ0) is 21.9. The van der Waals surface area contributed by atoms with E-state index in [9.17, 15) is 4.79 Å². The predicted molar refractivity (Wildman–Crippen MR) is 137 cm³/mol. The van der Waals surface area contributed by atoms with Crippen molar-refractivity contribution in [3.63, 3.8) is 0 Å². The number of amides is 1. The molecule has 1 aliphatic heterocycles. The zero-order valence-corrected chi connectivity index (χ0v) is 21.1. The maximum Gasteiger partial charge on any atom is 0.251 e. The third-order valence-corrected chi connectivity index (χ3v) is 5.42. The lowest BCUT2D eigenvalue weighted by Gasteiger charge is -2.33. The first kappa shape index (κ1) is 26.0. The molecule has 1 aliphatic rings. The summed E-state index contributed by atoms with van der Waals surface area (Å²) in [5, 5.41) is 9.56. The van der Waals surface area contributed by atoms with Crippen molar-refractivity contribution in [2.75, 3.05) is 46.9 Å². The summed E-state index contributed by atoms with van der Waals surface area (Å²) in [5.41, 5.74) is 0.574. The molecule has 2 aromatic rings. The Bertz CT molecular complexity index is 838. The number of aliphatic imine (C=N–C) groups is 1. The summed E-state index contributed by atoms with van der Waals surface area (Å²) in [6.45, 7) is 3.89. The highest BCUT2D eigenvalue weighted by Gasteiger charge is 2.24. The van der Waals surface area contributed by atoms with Crippen LogP contribution >= 0.6 is 24.0 Å². The fourth-order valence-electron chi connectivity index (χ4n) is 3.76. The molecule has 3 rings (SSSR count). The third-order valence-electron chi connectivity index (χ3n) is 5.42. The second kappa shape index (κ2) is 14.0. The lowest BCUT2D eigenvalue weighted by molar-refractivity contribution is 0.0954. The molecule has 0 aliphatic carbocycles. The number of methoxy groups -OCH3 is 1. The standard InChI is InChI=1S/C23H33N5O3.HI/c1-24-23(26-12-11-25-22(29)18-8-6-9-19(16-18)30-2)27-17-20(21-10-7-15-31-21)28-13-4-3-5-14-28;/h6-10,15-16,20H,3-5,11-14,17H2,1-2H3,(H,25,29)(H2,24,26,27);1H. The highest BCUT2D eigenvalue weighted by molar-refractivity contribution is 14.0. The van der Waals surface area contributed by atoms with Crippen molar-refractivity contribution >= 4 is 35.8 Å². The molecule has 0 saturated carbocycles. The van der Waals surface area contributed by atoms with Crippen molar-refractivity contribution in [3.05, 3.63) is 54.0 Å². The largest absolute Gasteiger partial charge is 0.497 e.